The summed E-state index contributed by atoms with van der Waals surface area (Å²) in [6, 6.07) is 7.45. The van der Waals surface area contributed by atoms with Crippen molar-refractivity contribution < 1.29 is 4.39 Å². The molecule has 0 aromatic heterocycles. The number of nitrogens with zero attached hydrogens (tertiary/aromatic N) is 3. The van der Waals surface area contributed by atoms with Crippen LogP contribution < -0.4 is 0 Å². The van der Waals surface area contributed by atoms with Crippen LogP contribution in [0.3, 0.4) is 0 Å². The number of nitriles is 1. The highest BCUT2D eigenvalue weighted by atomic mass is 19.1. The van der Waals surface area contributed by atoms with E-state index in [4.69, 9.17) is 5.26 Å². The van der Waals surface area contributed by atoms with Gasteiger partial charge in [-0.05, 0) is 26.1 Å². The molecular formula is C15H20FN3. The van der Waals surface area contributed by atoms with Crippen molar-refractivity contribution in [1.29, 1.82) is 5.26 Å². The van der Waals surface area contributed by atoms with Crippen LogP contribution in [0.5, 0.6) is 0 Å². The van der Waals surface area contributed by atoms with E-state index in [1.165, 1.54) is 6.07 Å². The SMILES string of the molecule is CC1CN(Cc2cccc(C#N)c2F)CC1N(C)C. The maximum atomic E-state index is 14.0. The third kappa shape index (κ3) is 2.94. The average molecular weight is 261 g/mol. The molecule has 1 fully saturated rings. The fourth-order valence-electron chi connectivity index (χ4n) is 2.88. The minimum Gasteiger partial charge on any atom is -0.305 e. The predicted octanol–water partition coefficient (Wildman–Crippen LogP) is 2.08. The second-order valence-electron chi connectivity index (χ2n) is 5.59. The van der Waals surface area contributed by atoms with Crippen molar-refractivity contribution in [2.75, 3.05) is 27.2 Å². The van der Waals surface area contributed by atoms with Crippen LogP contribution in [0.15, 0.2) is 18.2 Å². The van der Waals surface area contributed by atoms with Crippen LogP contribution in [0.25, 0.3) is 0 Å². The van der Waals surface area contributed by atoms with Crippen LogP contribution in [-0.4, -0.2) is 43.0 Å². The summed E-state index contributed by atoms with van der Waals surface area (Å²) in [5, 5.41) is 8.85. The van der Waals surface area contributed by atoms with Crippen molar-refractivity contribution in [3.8, 4) is 6.07 Å². The van der Waals surface area contributed by atoms with E-state index in [0.29, 0.717) is 24.1 Å². The summed E-state index contributed by atoms with van der Waals surface area (Å²) < 4.78 is 14.0. The third-order valence-corrected chi connectivity index (χ3v) is 3.90. The number of hydrogen-bond acceptors (Lipinski definition) is 3. The topological polar surface area (TPSA) is 30.3 Å². The van der Waals surface area contributed by atoms with Gasteiger partial charge < -0.3 is 4.90 Å². The number of halogens is 1. The number of hydrogen-bond donors (Lipinski definition) is 0. The van der Waals surface area contributed by atoms with Crippen LogP contribution in [0, 0.1) is 23.1 Å². The molecule has 3 nitrogen and oxygen atoms in total. The highest BCUT2D eigenvalue weighted by Gasteiger charge is 2.31. The quantitative estimate of drug-likeness (QED) is 0.834. The third-order valence-electron chi connectivity index (χ3n) is 3.90. The highest BCUT2D eigenvalue weighted by molar-refractivity contribution is 5.34. The fourth-order valence-corrected chi connectivity index (χ4v) is 2.88. The zero-order chi connectivity index (χ0) is 14.0. The first-order chi connectivity index (χ1) is 9.02. The molecule has 0 spiro atoms. The van der Waals surface area contributed by atoms with Gasteiger partial charge in [0.15, 0.2) is 0 Å². The Morgan fingerprint density at radius 1 is 1.42 bits per heavy atom. The normalized spacial score (nSPS) is 23.8. The Hall–Kier alpha value is -1.44. The van der Waals surface area contributed by atoms with Crippen molar-refractivity contribution in [3.05, 3.63) is 35.1 Å². The van der Waals surface area contributed by atoms with E-state index in [9.17, 15) is 4.39 Å². The number of likely N-dealkylation sites (N-methyl/N-ethyl adjacent to an activating group) is 1. The van der Waals surface area contributed by atoms with Crippen molar-refractivity contribution >= 4 is 0 Å². The number of benzene rings is 1. The molecule has 102 valence electrons. The molecule has 0 aliphatic carbocycles. The lowest BCUT2D eigenvalue weighted by atomic mass is 10.1. The van der Waals surface area contributed by atoms with Gasteiger partial charge >= 0.3 is 0 Å². The molecule has 2 unspecified atom stereocenters. The van der Waals surface area contributed by atoms with E-state index in [2.05, 4.69) is 30.8 Å². The molecule has 1 heterocycles. The van der Waals surface area contributed by atoms with Gasteiger partial charge in [0, 0.05) is 31.2 Å². The molecule has 0 amide bonds. The zero-order valence-corrected chi connectivity index (χ0v) is 11.7. The standard InChI is InChI=1S/C15H20FN3/c1-11-8-19(10-14(11)18(2)3)9-13-6-4-5-12(7-17)15(13)16/h4-6,11,14H,8-10H2,1-3H3. The van der Waals surface area contributed by atoms with Crippen molar-refractivity contribution in [3.63, 3.8) is 0 Å². The first-order valence-electron chi connectivity index (χ1n) is 6.59. The summed E-state index contributed by atoms with van der Waals surface area (Å²) in [7, 11) is 4.17. The van der Waals surface area contributed by atoms with Gasteiger partial charge in [0.05, 0.1) is 5.56 Å². The predicted molar refractivity (Wildman–Crippen MR) is 73.0 cm³/mol. The Balaban J connectivity index is 2.10. The second kappa shape index (κ2) is 5.68. The zero-order valence-electron chi connectivity index (χ0n) is 11.7. The fraction of sp³-hybridized carbons (Fsp3) is 0.533. The lowest BCUT2D eigenvalue weighted by molar-refractivity contribution is 0.249. The van der Waals surface area contributed by atoms with Crippen LogP contribution in [-0.2, 0) is 6.54 Å². The summed E-state index contributed by atoms with van der Waals surface area (Å²) >= 11 is 0. The van der Waals surface area contributed by atoms with Gasteiger partial charge in [0.2, 0.25) is 0 Å². The smallest absolute Gasteiger partial charge is 0.145 e. The van der Waals surface area contributed by atoms with Gasteiger partial charge in [-0.1, -0.05) is 19.1 Å². The van der Waals surface area contributed by atoms with E-state index in [1.807, 2.05) is 6.07 Å². The first kappa shape index (κ1) is 14.0. The summed E-state index contributed by atoms with van der Waals surface area (Å²) in [5.41, 5.74) is 0.750. The van der Waals surface area contributed by atoms with Crippen molar-refractivity contribution in [2.45, 2.75) is 19.5 Å². The molecule has 2 rings (SSSR count). The maximum absolute atomic E-state index is 14.0. The summed E-state index contributed by atoms with van der Waals surface area (Å²) in [4.78, 5) is 4.49. The lowest BCUT2D eigenvalue weighted by Crippen LogP contribution is -2.34. The Morgan fingerprint density at radius 3 is 2.74 bits per heavy atom. The molecule has 1 aromatic carbocycles. The Bertz CT molecular complexity index is 493. The molecule has 0 radical (unpaired) electrons. The molecule has 0 saturated carbocycles. The highest BCUT2D eigenvalue weighted by Crippen LogP contribution is 2.23. The molecule has 1 aliphatic heterocycles. The van der Waals surface area contributed by atoms with Crippen LogP contribution in [0.4, 0.5) is 4.39 Å². The van der Waals surface area contributed by atoms with E-state index in [0.717, 1.165) is 13.1 Å². The Morgan fingerprint density at radius 2 is 2.16 bits per heavy atom. The van der Waals surface area contributed by atoms with E-state index in [-0.39, 0.29) is 11.4 Å². The van der Waals surface area contributed by atoms with Gasteiger partial charge in [-0.2, -0.15) is 5.26 Å². The van der Waals surface area contributed by atoms with Gasteiger partial charge in [-0.15, -0.1) is 0 Å². The van der Waals surface area contributed by atoms with E-state index >= 15 is 0 Å². The maximum Gasteiger partial charge on any atom is 0.145 e. The Kier molecular flexibility index (Phi) is 4.18. The summed E-state index contributed by atoms with van der Waals surface area (Å²) in [6.45, 7) is 4.73. The van der Waals surface area contributed by atoms with Crippen LogP contribution in [0.1, 0.15) is 18.1 Å². The summed E-state index contributed by atoms with van der Waals surface area (Å²) in [5.74, 6) is 0.211. The van der Waals surface area contributed by atoms with Crippen molar-refractivity contribution in [2.24, 2.45) is 5.92 Å². The number of likely N-dealkylation sites (tertiary alicyclic amines) is 1. The molecule has 0 N–H and O–H groups in total. The van der Waals surface area contributed by atoms with E-state index in [1.54, 1.807) is 12.1 Å². The van der Waals surface area contributed by atoms with Crippen LogP contribution in [0.2, 0.25) is 0 Å². The summed E-state index contributed by atoms with van der Waals surface area (Å²) in [6.07, 6.45) is 0. The minimum atomic E-state index is -0.369. The molecule has 4 heteroatoms. The molecule has 1 saturated heterocycles. The monoisotopic (exact) mass is 261 g/mol. The van der Waals surface area contributed by atoms with Gasteiger partial charge in [0.25, 0.3) is 0 Å². The molecule has 1 aromatic rings. The molecule has 0 bridgehead atoms. The first-order valence-corrected chi connectivity index (χ1v) is 6.59. The van der Waals surface area contributed by atoms with Crippen molar-refractivity contribution in [1.82, 2.24) is 9.80 Å². The van der Waals surface area contributed by atoms with E-state index < -0.39 is 0 Å². The molecule has 19 heavy (non-hydrogen) atoms. The molecular weight excluding hydrogens is 241 g/mol. The Labute approximate surface area is 114 Å². The lowest BCUT2D eigenvalue weighted by Gasteiger charge is -2.22. The van der Waals surface area contributed by atoms with Crippen LogP contribution >= 0.6 is 0 Å². The molecule has 2 atom stereocenters. The van der Waals surface area contributed by atoms with Gasteiger partial charge in [-0.3, -0.25) is 4.90 Å². The minimum absolute atomic E-state index is 0.133. The average Bonchev–Trinajstić information content (AvgIpc) is 2.73. The largest absolute Gasteiger partial charge is 0.305 e. The number of rotatable bonds is 3. The van der Waals surface area contributed by atoms with Gasteiger partial charge in [-0.25, -0.2) is 4.39 Å². The second-order valence-corrected chi connectivity index (χ2v) is 5.59. The molecule has 1 aliphatic rings. The van der Waals surface area contributed by atoms with Gasteiger partial charge in [0.1, 0.15) is 11.9 Å².